The maximum absolute atomic E-state index is 13.2. The number of nitrogens with zero attached hydrogens (tertiary/aromatic N) is 1. The van der Waals surface area contributed by atoms with E-state index < -0.39 is 6.04 Å². The number of benzene rings is 2. The van der Waals surface area contributed by atoms with E-state index in [9.17, 15) is 9.59 Å². The van der Waals surface area contributed by atoms with Gasteiger partial charge < -0.3 is 9.32 Å². The molecule has 0 fully saturated rings. The minimum absolute atomic E-state index is 0.144. The smallest absolute Gasteiger partial charge is 0.290 e. The molecule has 0 bridgehead atoms. The Labute approximate surface area is 156 Å². The molecular formula is C21H18ClNO3. The van der Waals surface area contributed by atoms with E-state index in [0.717, 1.165) is 18.4 Å². The molecule has 0 spiro atoms. The van der Waals surface area contributed by atoms with E-state index in [1.165, 1.54) is 0 Å². The van der Waals surface area contributed by atoms with Crippen LogP contribution in [0.15, 0.2) is 57.7 Å². The molecule has 4 rings (SSSR count). The fourth-order valence-electron chi connectivity index (χ4n) is 3.52. The Morgan fingerprint density at radius 1 is 1.08 bits per heavy atom. The maximum Gasteiger partial charge on any atom is 0.290 e. The van der Waals surface area contributed by atoms with Gasteiger partial charge in [0.1, 0.15) is 5.58 Å². The Morgan fingerprint density at radius 2 is 1.81 bits per heavy atom. The van der Waals surface area contributed by atoms with E-state index in [0.29, 0.717) is 28.1 Å². The van der Waals surface area contributed by atoms with Crippen molar-refractivity contribution in [3.63, 3.8) is 0 Å². The third-order valence-electron chi connectivity index (χ3n) is 4.81. The van der Waals surface area contributed by atoms with Gasteiger partial charge in [-0.05, 0) is 36.2 Å². The van der Waals surface area contributed by atoms with Crippen molar-refractivity contribution in [3.8, 4) is 0 Å². The van der Waals surface area contributed by atoms with Crippen molar-refractivity contribution in [2.75, 3.05) is 6.54 Å². The largest absolute Gasteiger partial charge is 0.450 e. The summed E-state index contributed by atoms with van der Waals surface area (Å²) >= 11 is 6.02. The third-order valence-corrected chi connectivity index (χ3v) is 5.06. The second-order valence-corrected chi connectivity index (χ2v) is 6.91. The highest BCUT2D eigenvalue weighted by atomic mass is 35.5. The first-order valence-electron chi connectivity index (χ1n) is 8.74. The molecule has 0 N–H and O–H groups in total. The number of rotatable bonds is 4. The highest BCUT2D eigenvalue weighted by Crippen LogP contribution is 2.38. The fraction of sp³-hybridized carbons (Fsp3) is 0.238. The summed E-state index contributed by atoms with van der Waals surface area (Å²) in [5.74, 6) is -0.0685. The zero-order chi connectivity index (χ0) is 18.3. The van der Waals surface area contributed by atoms with Crippen molar-refractivity contribution in [2.24, 2.45) is 0 Å². The molecule has 3 aromatic rings. The van der Waals surface area contributed by atoms with Gasteiger partial charge in [0.15, 0.2) is 5.43 Å². The molecule has 5 heteroatoms. The molecule has 0 saturated heterocycles. The van der Waals surface area contributed by atoms with Crippen molar-refractivity contribution in [2.45, 2.75) is 25.8 Å². The lowest BCUT2D eigenvalue weighted by atomic mass is 9.98. The first kappa shape index (κ1) is 16.9. The topological polar surface area (TPSA) is 50.5 Å². The molecule has 1 aliphatic heterocycles. The first-order valence-corrected chi connectivity index (χ1v) is 9.11. The van der Waals surface area contributed by atoms with Crippen LogP contribution < -0.4 is 5.43 Å². The van der Waals surface area contributed by atoms with Crippen LogP contribution >= 0.6 is 11.6 Å². The lowest BCUT2D eigenvalue weighted by Crippen LogP contribution is -2.30. The van der Waals surface area contributed by atoms with Gasteiger partial charge in [0, 0.05) is 11.6 Å². The molecule has 4 nitrogen and oxygen atoms in total. The molecule has 2 aromatic carbocycles. The Morgan fingerprint density at radius 3 is 2.54 bits per heavy atom. The second kappa shape index (κ2) is 6.61. The lowest BCUT2D eigenvalue weighted by Gasteiger charge is -2.25. The highest BCUT2D eigenvalue weighted by molar-refractivity contribution is 6.30. The molecule has 0 unspecified atom stereocenters. The van der Waals surface area contributed by atoms with Crippen LogP contribution in [0.2, 0.25) is 5.02 Å². The number of para-hydroxylation sites is 1. The number of amides is 1. The highest BCUT2D eigenvalue weighted by Gasteiger charge is 2.42. The monoisotopic (exact) mass is 367 g/mol. The van der Waals surface area contributed by atoms with Crippen LogP contribution in [0.3, 0.4) is 0 Å². The summed E-state index contributed by atoms with van der Waals surface area (Å²) in [5.41, 5.74) is 1.58. The summed E-state index contributed by atoms with van der Waals surface area (Å²) in [6, 6.07) is 13.9. The van der Waals surface area contributed by atoms with E-state index in [1.807, 2.05) is 12.1 Å². The van der Waals surface area contributed by atoms with Crippen LogP contribution in [-0.2, 0) is 0 Å². The quantitative estimate of drug-likeness (QED) is 0.666. The van der Waals surface area contributed by atoms with Gasteiger partial charge in [0.2, 0.25) is 5.76 Å². The number of hydrogen-bond acceptors (Lipinski definition) is 3. The van der Waals surface area contributed by atoms with Crippen LogP contribution in [0, 0.1) is 0 Å². The van der Waals surface area contributed by atoms with Crippen molar-refractivity contribution in [1.29, 1.82) is 0 Å². The number of carbonyl (C=O) groups excluding carboxylic acids is 1. The number of halogens is 1. The molecule has 2 heterocycles. The lowest BCUT2D eigenvalue weighted by molar-refractivity contribution is 0.0725. The van der Waals surface area contributed by atoms with Crippen molar-refractivity contribution >= 4 is 28.5 Å². The normalized spacial score (nSPS) is 16.3. The Kier molecular flexibility index (Phi) is 4.29. The number of unbranched alkanes of at least 4 members (excludes halogenated alkanes) is 1. The van der Waals surface area contributed by atoms with Gasteiger partial charge in [-0.2, -0.15) is 0 Å². The predicted molar refractivity (Wildman–Crippen MR) is 102 cm³/mol. The fourth-order valence-corrected chi connectivity index (χ4v) is 3.64. The summed E-state index contributed by atoms with van der Waals surface area (Å²) in [6.45, 7) is 2.64. The Bertz CT molecular complexity index is 1040. The van der Waals surface area contributed by atoms with Crippen LogP contribution in [0.5, 0.6) is 0 Å². The summed E-state index contributed by atoms with van der Waals surface area (Å²) in [6.07, 6.45) is 1.81. The summed E-state index contributed by atoms with van der Waals surface area (Å²) < 4.78 is 5.87. The van der Waals surface area contributed by atoms with Gasteiger partial charge in [-0.15, -0.1) is 0 Å². The van der Waals surface area contributed by atoms with Gasteiger partial charge in [0.25, 0.3) is 5.91 Å². The number of hydrogen-bond donors (Lipinski definition) is 0. The van der Waals surface area contributed by atoms with E-state index in [1.54, 1.807) is 41.3 Å². The van der Waals surface area contributed by atoms with Crippen LogP contribution in [0.25, 0.3) is 11.0 Å². The number of carbonyl (C=O) groups is 1. The average Bonchev–Trinajstić information content (AvgIpc) is 2.93. The summed E-state index contributed by atoms with van der Waals surface area (Å²) in [4.78, 5) is 27.9. The minimum Gasteiger partial charge on any atom is -0.450 e. The van der Waals surface area contributed by atoms with Gasteiger partial charge >= 0.3 is 0 Å². The molecule has 1 aliphatic rings. The molecule has 1 aromatic heterocycles. The second-order valence-electron chi connectivity index (χ2n) is 6.48. The SMILES string of the molecule is CCCCN1C(=O)c2oc3ccccc3c(=O)c2[C@@H]1c1ccc(Cl)cc1. The standard InChI is InChI=1S/C21H18ClNO3/c1-2-3-12-23-18(13-8-10-14(22)11-9-13)17-19(24)15-6-4-5-7-16(15)26-20(17)21(23)25/h4-11,18H,2-3,12H2,1H3/t18-/m0/s1. The molecular weight excluding hydrogens is 350 g/mol. The van der Waals surface area contributed by atoms with Crippen molar-refractivity contribution < 1.29 is 9.21 Å². The average molecular weight is 368 g/mol. The van der Waals surface area contributed by atoms with Gasteiger partial charge in [-0.3, -0.25) is 9.59 Å². The van der Waals surface area contributed by atoms with Crippen LogP contribution in [0.4, 0.5) is 0 Å². The van der Waals surface area contributed by atoms with E-state index in [-0.39, 0.29) is 17.1 Å². The molecule has 26 heavy (non-hydrogen) atoms. The van der Waals surface area contributed by atoms with Gasteiger partial charge in [-0.25, -0.2) is 0 Å². The zero-order valence-corrected chi connectivity index (χ0v) is 15.1. The molecule has 0 aliphatic carbocycles. The van der Waals surface area contributed by atoms with E-state index in [4.69, 9.17) is 16.0 Å². The number of fused-ring (bicyclic) bond motifs is 2. The Balaban J connectivity index is 1.96. The minimum atomic E-state index is -0.442. The van der Waals surface area contributed by atoms with E-state index >= 15 is 0 Å². The summed E-state index contributed by atoms with van der Waals surface area (Å²) in [7, 11) is 0. The van der Waals surface area contributed by atoms with Crippen LogP contribution in [0.1, 0.15) is 47.5 Å². The molecule has 0 saturated carbocycles. The molecule has 1 amide bonds. The Hall–Kier alpha value is -2.59. The predicted octanol–water partition coefficient (Wildman–Crippen LogP) is 4.79. The molecule has 0 radical (unpaired) electrons. The third kappa shape index (κ3) is 2.61. The van der Waals surface area contributed by atoms with Crippen LogP contribution in [-0.4, -0.2) is 17.4 Å². The zero-order valence-electron chi connectivity index (χ0n) is 14.4. The van der Waals surface area contributed by atoms with Gasteiger partial charge in [-0.1, -0.05) is 49.2 Å². The first-order chi connectivity index (χ1) is 12.6. The molecule has 132 valence electrons. The maximum atomic E-state index is 13.2. The van der Waals surface area contributed by atoms with Crippen molar-refractivity contribution in [3.05, 3.63) is 80.7 Å². The molecule has 1 atom stereocenters. The van der Waals surface area contributed by atoms with Crippen molar-refractivity contribution in [1.82, 2.24) is 4.90 Å². The van der Waals surface area contributed by atoms with Gasteiger partial charge in [0.05, 0.1) is 17.0 Å². The van der Waals surface area contributed by atoms with E-state index in [2.05, 4.69) is 6.92 Å². The summed E-state index contributed by atoms with van der Waals surface area (Å²) in [5, 5.41) is 1.11.